The van der Waals surface area contributed by atoms with E-state index in [0.717, 1.165) is 36.8 Å². The first-order valence-corrected chi connectivity index (χ1v) is 7.77. The molecule has 1 aromatic rings. The molecule has 2 nitrogen and oxygen atoms in total. The number of benzene rings is 1. The van der Waals surface area contributed by atoms with Gasteiger partial charge in [-0.25, -0.2) is 0 Å². The van der Waals surface area contributed by atoms with E-state index in [1.165, 1.54) is 10.5 Å². The molecule has 0 fully saturated rings. The summed E-state index contributed by atoms with van der Waals surface area (Å²) in [6.45, 7) is 5.20. The van der Waals surface area contributed by atoms with Crippen LogP contribution in [-0.2, 0) is 6.54 Å². The highest BCUT2D eigenvalue weighted by Crippen LogP contribution is 2.30. The van der Waals surface area contributed by atoms with Gasteiger partial charge in [0.15, 0.2) is 0 Å². The first-order chi connectivity index (χ1) is 8.65. The molecule has 0 saturated heterocycles. The van der Waals surface area contributed by atoms with Crippen LogP contribution in [-0.4, -0.2) is 37.8 Å². The fourth-order valence-corrected chi connectivity index (χ4v) is 3.13. The lowest BCUT2D eigenvalue weighted by Crippen LogP contribution is -2.16. The van der Waals surface area contributed by atoms with E-state index in [9.17, 15) is 0 Å². The number of halogens is 1. The van der Waals surface area contributed by atoms with Crippen LogP contribution < -0.4 is 5.32 Å². The van der Waals surface area contributed by atoms with Crippen LogP contribution in [0.1, 0.15) is 18.9 Å². The summed E-state index contributed by atoms with van der Waals surface area (Å²) in [6.07, 6.45) is 1.16. The van der Waals surface area contributed by atoms with Gasteiger partial charge >= 0.3 is 0 Å². The topological polar surface area (TPSA) is 15.3 Å². The zero-order chi connectivity index (χ0) is 13.4. The predicted molar refractivity (Wildman–Crippen MR) is 82.7 cm³/mol. The molecule has 0 bridgehead atoms. The van der Waals surface area contributed by atoms with Crippen LogP contribution >= 0.6 is 23.4 Å². The number of nitrogens with zero attached hydrogens (tertiary/aromatic N) is 1. The van der Waals surface area contributed by atoms with Crippen LogP contribution in [0, 0.1) is 0 Å². The standard InChI is InChI=1S/C14H23ClN2S/c1-4-8-16-11-12-6-5-7-13(15)14(12)18-10-9-17(2)3/h5-7,16H,4,8-11H2,1-3H3. The van der Waals surface area contributed by atoms with Crippen molar-refractivity contribution in [2.45, 2.75) is 24.8 Å². The zero-order valence-corrected chi connectivity index (χ0v) is 13.1. The van der Waals surface area contributed by atoms with E-state index >= 15 is 0 Å². The lowest BCUT2D eigenvalue weighted by molar-refractivity contribution is 0.437. The van der Waals surface area contributed by atoms with Gasteiger partial charge < -0.3 is 10.2 Å². The Morgan fingerprint density at radius 1 is 1.33 bits per heavy atom. The largest absolute Gasteiger partial charge is 0.313 e. The number of hydrogen-bond acceptors (Lipinski definition) is 3. The van der Waals surface area contributed by atoms with Crippen molar-refractivity contribution in [2.24, 2.45) is 0 Å². The van der Waals surface area contributed by atoms with Crippen LogP contribution in [0.4, 0.5) is 0 Å². The molecule has 0 aliphatic heterocycles. The van der Waals surface area contributed by atoms with Crippen LogP contribution in [0.5, 0.6) is 0 Å². The Hall–Kier alpha value is -0.220. The summed E-state index contributed by atoms with van der Waals surface area (Å²) < 4.78 is 0. The van der Waals surface area contributed by atoms with Crippen LogP contribution in [0.3, 0.4) is 0 Å². The molecule has 1 rings (SSSR count). The van der Waals surface area contributed by atoms with Gasteiger partial charge in [0.1, 0.15) is 0 Å². The average Bonchev–Trinajstić information content (AvgIpc) is 2.32. The Balaban J connectivity index is 2.61. The summed E-state index contributed by atoms with van der Waals surface area (Å²) >= 11 is 8.14. The molecule has 0 radical (unpaired) electrons. The molecule has 0 aliphatic rings. The molecule has 0 atom stereocenters. The predicted octanol–water partition coefficient (Wildman–Crippen LogP) is 3.49. The maximum Gasteiger partial charge on any atom is 0.0545 e. The second-order valence-electron chi connectivity index (χ2n) is 4.56. The molecule has 0 heterocycles. The van der Waals surface area contributed by atoms with Crippen molar-refractivity contribution < 1.29 is 0 Å². The molecule has 0 unspecified atom stereocenters. The third-order valence-corrected chi connectivity index (χ3v) is 4.16. The Bertz CT molecular complexity index is 356. The van der Waals surface area contributed by atoms with E-state index in [0.29, 0.717) is 0 Å². The summed E-state index contributed by atoms with van der Waals surface area (Å²) in [5.74, 6) is 1.07. The summed E-state index contributed by atoms with van der Waals surface area (Å²) in [5.41, 5.74) is 1.31. The van der Waals surface area contributed by atoms with Crippen LogP contribution in [0.15, 0.2) is 23.1 Å². The molecule has 0 spiro atoms. The minimum atomic E-state index is 0.870. The van der Waals surface area contributed by atoms with Gasteiger partial charge in [-0.3, -0.25) is 0 Å². The number of nitrogens with one attached hydrogen (secondary N) is 1. The maximum absolute atomic E-state index is 6.30. The SMILES string of the molecule is CCCNCc1cccc(Cl)c1SCCN(C)C. The summed E-state index contributed by atoms with van der Waals surface area (Å²) in [7, 11) is 4.19. The molecule has 0 aromatic heterocycles. The van der Waals surface area contributed by atoms with Crippen LogP contribution in [0.2, 0.25) is 5.02 Å². The van der Waals surface area contributed by atoms with Crippen molar-refractivity contribution in [2.75, 3.05) is 32.9 Å². The summed E-state index contributed by atoms with van der Waals surface area (Å²) in [6, 6.07) is 6.16. The molecule has 102 valence electrons. The van der Waals surface area contributed by atoms with Crippen LogP contribution in [0.25, 0.3) is 0 Å². The summed E-state index contributed by atoms with van der Waals surface area (Å²) in [5, 5.41) is 4.31. The van der Waals surface area contributed by atoms with Crippen molar-refractivity contribution in [1.82, 2.24) is 10.2 Å². The second kappa shape index (κ2) is 8.81. The van der Waals surface area contributed by atoms with Crippen molar-refractivity contribution in [3.8, 4) is 0 Å². The first kappa shape index (κ1) is 15.8. The van der Waals surface area contributed by atoms with E-state index in [1.807, 2.05) is 23.9 Å². The first-order valence-electron chi connectivity index (χ1n) is 6.40. The molecule has 0 amide bonds. The number of thioether (sulfide) groups is 1. The highest BCUT2D eigenvalue weighted by atomic mass is 35.5. The Morgan fingerprint density at radius 2 is 2.11 bits per heavy atom. The summed E-state index contributed by atoms with van der Waals surface area (Å²) in [4.78, 5) is 3.42. The lowest BCUT2D eigenvalue weighted by Gasteiger charge is -2.13. The number of rotatable bonds is 8. The van der Waals surface area contributed by atoms with Crippen molar-refractivity contribution in [3.05, 3.63) is 28.8 Å². The quantitative estimate of drug-likeness (QED) is 0.582. The van der Waals surface area contributed by atoms with Gasteiger partial charge in [0.25, 0.3) is 0 Å². The minimum absolute atomic E-state index is 0.870. The Labute approximate surface area is 120 Å². The molecular weight excluding hydrogens is 264 g/mol. The third-order valence-electron chi connectivity index (χ3n) is 2.58. The third kappa shape index (κ3) is 5.61. The van der Waals surface area contributed by atoms with Gasteiger partial charge in [0.05, 0.1) is 5.02 Å². The van der Waals surface area contributed by atoms with Gasteiger partial charge in [0, 0.05) is 23.7 Å². The van der Waals surface area contributed by atoms with E-state index < -0.39 is 0 Å². The lowest BCUT2D eigenvalue weighted by atomic mass is 10.2. The monoisotopic (exact) mass is 286 g/mol. The minimum Gasteiger partial charge on any atom is -0.313 e. The van der Waals surface area contributed by atoms with Gasteiger partial charge in [-0.1, -0.05) is 30.7 Å². The van der Waals surface area contributed by atoms with E-state index in [-0.39, 0.29) is 0 Å². The van der Waals surface area contributed by atoms with E-state index in [4.69, 9.17) is 11.6 Å². The van der Waals surface area contributed by atoms with Crippen molar-refractivity contribution >= 4 is 23.4 Å². The Morgan fingerprint density at radius 3 is 2.78 bits per heavy atom. The highest BCUT2D eigenvalue weighted by Gasteiger charge is 2.07. The second-order valence-corrected chi connectivity index (χ2v) is 6.07. The molecule has 4 heteroatoms. The zero-order valence-electron chi connectivity index (χ0n) is 11.5. The normalized spacial score (nSPS) is 11.2. The fourth-order valence-electron chi connectivity index (χ4n) is 1.58. The van der Waals surface area contributed by atoms with Gasteiger partial charge in [-0.2, -0.15) is 0 Å². The molecular formula is C14H23ClN2S. The molecule has 0 saturated carbocycles. The molecule has 0 aliphatic carbocycles. The number of hydrogen-bond donors (Lipinski definition) is 1. The smallest absolute Gasteiger partial charge is 0.0545 e. The Kier molecular flexibility index (Phi) is 7.75. The van der Waals surface area contributed by atoms with E-state index in [1.54, 1.807) is 0 Å². The average molecular weight is 287 g/mol. The fraction of sp³-hybridized carbons (Fsp3) is 0.571. The highest BCUT2D eigenvalue weighted by molar-refractivity contribution is 7.99. The molecule has 18 heavy (non-hydrogen) atoms. The van der Waals surface area contributed by atoms with Crippen molar-refractivity contribution in [3.63, 3.8) is 0 Å². The van der Waals surface area contributed by atoms with E-state index in [2.05, 4.69) is 37.3 Å². The van der Waals surface area contributed by atoms with Gasteiger partial charge in [-0.05, 0) is 38.7 Å². The molecule has 1 N–H and O–H groups in total. The van der Waals surface area contributed by atoms with Gasteiger partial charge in [0.2, 0.25) is 0 Å². The van der Waals surface area contributed by atoms with Gasteiger partial charge in [-0.15, -0.1) is 11.8 Å². The maximum atomic E-state index is 6.30. The van der Waals surface area contributed by atoms with Crippen molar-refractivity contribution in [1.29, 1.82) is 0 Å². The molecule has 1 aromatic carbocycles.